The number of hydrogen-bond donors (Lipinski definition) is 0. The minimum absolute atomic E-state index is 0.755. The molecule has 0 atom stereocenters. The van der Waals surface area contributed by atoms with Crippen molar-refractivity contribution in [2.75, 3.05) is 6.61 Å². The van der Waals surface area contributed by atoms with Gasteiger partial charge in [-0.1, -0.05) is 86.6 Å². The molecular formula is C25H26O. The van der Waals surface area contributed by atoms with Crippen LogP contribution in [0.25, 0.3) is 11.1 Å². The second kappa shape index (κ2) is 9.05. The molecule has 0 N–H and O–H groups in total. The SMILES string of the molecule is CCCOc1ccc(C(=C(CC)c2ccccc2)c2ccccc2)cc1. The van der Waals surface area contributed by atoms with E-state index in [-0.39, 0.29) is 0 Å². The monoisotopic (exact) mass is 342 g/mol. The van der Waals surface area contributed by atoms with Gasteiger partial charge in [0, 0.05) is 0 Å². The maximum absolute atomic E-state index is 5.75. The number of benzene rings is 3. The van der Waals surface area contributed by atoms with Gasteiger partial charge in [0.1, 0.15) is 5.75 Å². The van der Waals surface area contributed by atoms with E-state index in [9.17, 15) is 0 Å². The molecule has 0 aliphatic rings. The van der Waals surface area contributed by atoms with Gasteiger partial charge in [-0.2, -0.15) is 0 Å². The fourth-order valence-corrected chi connectivity index (χ4v) is 3.22. The third-order valence-electron chi connectivity index (χ3n) is 4.46. The number of hydrogen-bond acceptors (Lipinski definition) is 1. The summed E-state index contributed by atoms with van der Waals surface area (Å²) in [5.74, 6) is 0.931. The second-order valence-electron chi connectivity index (χ2n) is 6.31. The van der Waals surface area contributed by atoms with Gasteiger partial charge >= 0.3 is 0 Å². The Morgan fingerprint density at radius 1 is 0.654 bits per heavy atom. The molecule has 0 heterocycles. The van der Waals surface area contributed by atoms with Gasteiger partial charge in [0.25, 0.3) is 0 Å². The van der Waals surface area contributed by atoms with Crippen molar-refractivity contribution in [3.63, 3.8) is 0 Å². The molecule has 0 aromatic heterocycles. The van der Waals surface area contributed by atoms with E-state index in [0.717, 1.165) is 25.2 Å². The molecule has 0 aliphatic heterocycles. The summed E-state index contributed by atoms with van der Waals surface area (Å²) in [6.45, 7) is 5.10. The van der Waals surface area contributed by atoms with Crippen molar-refractivity contribution in [2.24, 2.45) is 0 Å². The molecule has 3 aromatic rings. The quantitative estimate of drug-likeness (QED) is 0.427. The Morgan fingerprint density at radius 2 is 1.19 bits per heavy atom. The Labute approximate surface area is 157 Å². The number of allylic oxidation sites excluding steroid dienone is 1. The first kappa shape index (κ1) is 18.0. The van der Waals surface area contributed by atoms with Crippen LogP contribution >= 0.6 is 0 Å². The fraction of sp³-hybridized carbons (Fsp3) is 0.200. The van der Waals surface area contributed by atoms with Gasteiger partial charge < -0.3 is 4.74 Å². The standard InChI is InChI=1S/C25H26O/c1-3-19-26-23-17-15-22(16-18-23)25(21-13-9-6-10-14-21)24(4-2)20-11-7-5-8-12-20/h5-18H,3-4,19H2,1-2H3. The summed E-state index contributed by atoms with van der Waals surface area (Å²) in [6, 6.07) is 29.8. The Morgan fingerprint density at radius 3 is 1.73 bits per heavy atom. The van der Waals surface area contributed by atoms with Crippen molar-refractivity contribution < 1.29 is 4.74 Å². The molecule has 0 fully saturated rings. The fourth-order valence-electron chi connectivity index (χ4n) is 3.22. The number of ether oxygens (including phenoxy) is 1. The lowest BCUT2D eigenvalue weighted by Gasteiger charge is -2.16. The van der Waals surface area contributed by atoms with Crippen LogP contribution in [0.3, 0.4) is 0 Å². The molecule has 0 spiro atoms. The lowest BCUT2D eigenvalue weighted by Crippen LogP contribution is -1.97. The molecule has 0 unspecified atom stereocenters. The van der Waals surface area contributed by atoms with Gasteiger partial charge in [-0.25, -0.2) is 0 Å². The van der Waals surface area contributed by atoms with Gasteiger partial charge in [-0.05, 0) is 52.8 Å². The second-order valence-corrected chi connectivity index (χ2v) is 6.31. The minimum atomic E-state index is 0.755. The molecule has 0 amide bonds. The average molecular weight is 342 g/mol. The molecule has 3 rings (SSSR count). The zero-order chi connectivity index (χ0) is 18.2. The highest BCUT2D eigenvalue weighted by atomic mass is 16.5. The highest BCUT2D eigenvalue weighted by Crippen LogP contribution is 2.34. The Kier molecular flexibility index (Phi) is 6.27. The van der Waals surface area contributed by atoms with Gasteiger partial charge in [0.2, 0.25) is 0 Å². The summed E-state index contributed by atoms with van der Waals surface area (Å²) in [5.41, 5.74) is 6.40. The maximum Gasteiger partial charge on any atom is 0.119 e. The Bertz CT molecular complexity index is 830. The van der Waals surface area contributed by atoms with E-state index in [1.165, 1.54) is 27.8 Å². The van der Waals surface area contributed by atoms with E-state index >= 15 is 0 Å². The van der Waals surface area contributed by atoms with Gasteiger partial charge in [-0.15, -0.1) is 0 Å². The first-order valence-electron chi connectivity index (χ1n) is 9.40. The van der Waals surface area contributed by atoms with Crippen molar-refractivity contribution in [3.8, 4) is 5.75 Å². The third-order valence-corrected chi connectivity index (χ3v) is 4.46. The van der Waals surface area contributed by atoms with E-state index in [4.69, 9.17) is 4.74 Å². The molecule has 0 bridgehead atoms. The van der Waals surface area contributed by atoms with Crippen molar-refractivity contribution in [1.29, 1.82) is 0 Å². The summed E-state index contributed by atoms with van der Waals surface area (Å²) in [4.78, 5) is 0. The largest absolute Gasteiger partial charge is 0.494 e. The van der Waals surface area contributed by atoms with E-state index in [1.807, 2.05) is 0 Å². The normalized spacial score (nSPS) is 11.8. The highest BCUT2D eigenvalue weighted by Gasteiger charge is 2.12. The van der Waals surface area contributed by atoms with Gasteiger partial charge in [0.05, 0.1) is 6.61 Å². The molecule has 132 valence electrons. The van der Waals surface area contributed by atoms with Crippen molar-refractivity contribution in [2.45, 2.75) is 26.7 Å². The molecule has 26 heavy (non-hydrogen) atoms. The number of rotatable bonds is 7. The van der Waals surface area contributed by atoms with Crippen LogP contribution in [0.5, 0.6) is 5.75 Å². The van der Waals surface area contributed by atoms with E-state index in [2.05, 4.69) is 98.8 Å². The van der Waals surface area contributed by atoms with E-state index in [0.29, 0.717) is 0 Å². The Balaban J connectivity index is 2.11. The zero-order valence-corrected chi connectivity index (χ0v) is 15.6. The average Bonchev–Trinajstić information content (AvgIpc) is 2.72. The van der Waals surface area contributed by atoms with Crippen molar-refractivity contribution in [3.05, 3.63) is 102 Å². The topological polar surface area (TPSA) is 9.23 Å². The lowest BCUT2D eigenvalue weighted by atomic mass is 9.88. The molecule has 0 saturated carbocycles. The van der Waals surface area contributed by atoms with Gasteiger partial charge in [0.15, 0.2) is 0 Å². The predicted octanol–water partition coefficient (Wildman–Crippen LogP) is 6.84. The highest BCUT2D eigenvalue weighted by molar-refractivity contribution is 5.98. The first-order valence-corrected chi connectivity index (χ1v) is 9.40. The molecule has 1 heteroatoms. The van der Waals surface area contributed by atoms with Gasteiger partial charge in [-0.3, -0.25) is 0 Å². The summed E-state index contributed by atoms with van der Waals surface area (Å²) in [7, 11) is 0. The van der Waals surface area contributed by atoms with Crippen LogP contribution < -0.4 is 4.74 Å². The van der Waals surface area contributed by atoms with Crippen LogP contribution in [0.1, 0.15) is 43.4 Å². The van der Waals surface area contributed by atoms with Crippen molar-refractivity contribution in [1.82, 2.24) is 0 Å². The molecule has 3 aromatic carbocycles. The third kappa shape index (κ3) is 4.23. The minimum Gasteiger partial charge on any atom is -0.494 e. The smallest absolute Gasteiger partial charge is 0.119 e. The van der Waals surface area contributed by atoms with E-state index < -0.39 is 0 Å². The summed E-state index contributed by atoms with van der Waals surface area (Å²) >= 11 is 0. The summed E-state index contributed by atoms with van der Waals surface area (Å²) in [5, 5.41) is 0. The molecule has 0 radical (unpaired) electrons. The lowest BCUT2D eigenvalue weighted by molar-refractivity contribution is 0.317. The molecule has 0 saturated heterocycles. The molecule has 0 aliphatic carbocycles. The van der Waals surface area contributed by atoms with E-state index in [1.54, 1.807) is 0 Å². The zero-order valence-electron chi connectivity index (χ0n) is 15.6. The predicted molar refractivity (Wildman–Crippen MR) is 111 cm³/mol. The first-order chi connectivity index (χ1) is 12.8. The van der Waals surface area contributed by atoms with Crippen LogP contribution in [0, 0.1) is 0 Å². The van der Waals surface area contributed by atoms with Crippen LogP contribution in [0.4, 0.5) is 0 Å². The van der Waals surface area contributed by atoms with Crippen molar-refractivity contribution >= 4 is 11.1 Å². The molecular weight excluding hydrogens is 316 g/mol. The maximum atomic E-state index is 5.75. The van der Waals surface area contributed by atoms with Crippen LogP contribution in [0.15, 0.2) is 84.9 Å². The van der Waals surface area contributed by atoms with Crippen LogP contribution in [0.2, 0.25) is 0 Å². The Hall–Kier alpha value is -2.80. The molecule has 1 nitrogen and oxygen atoms in total. The summed E-state index contributed by atoms with van der Waals surface area (Å²) in [6.07, 6.45) is 1.99. The van der Waals surface area contributed by atoms with Crippen LogP contribution in [-0.4, -0.2) is 6.61 Å². The summed E-state index contributed by atoms with van der Waals surface area (Å²) < 4.78 is 5.75. The van der Waals surface area contributed by atoms with Crippen LogP contribution in [-0.2, 0) is 0 Å².